The first-order chi connectivity index (χ1) is 15.0. The molecule has 0 aliphatic carbocycles. The van der Waals surface area contributed by atoms with Crippen molar-refractivity contribution >= 4 is 11.6 Å². The summed E-state index contributed by atoms with van der Waals surface area (Å²) >= 11 is 5.82. The van der Waals surface area contributed by atoms with Crippen LogP contribution in [0.1, 0.15) is 16.7 Å². The molecule has 1 heterocycles. The Morgan fingerprint density at radius 1 is 0.774 bits per heavy atom. The predicted octanol–water partition coefficient (Wildman–Crippen LogP) is 4.45. The highest BCUT2D eigenvalue weighted by Crippen LogP contribution is 2.30. The Balaban J connectivity index is 1.63. The van der Waals surface area contributed by atoms with Gasteiger partial charge in [-0.3, -0.25) is 0 Å². The smallest absolute Gasteiger partial charge is 0.161 e. The number of nitrogens with two attached hydrogens (primary N) is 1. The molecule has 3 rings (SSSR count). The highest BCUT2D eigenvalue weighted by atomic mass is 35.5. The lowest BCUT2D eigenvalue weighted by Gasteiger charge is -2.16. The third kappa shape index (κ3) is 6.26. The zero-order valence-corrected chi connectivity index (χ0v) is 18.7. The maximum atomic E-state index is 6.41. The van der Waals surface area contributed by atoms with Gasteiger partial charge in [-0.25, -0.2) is 4.98 Å². The number of rotatable bonds is 10. The van der Waals surface area contributed by atoms with Gasteiger partial charge >= 0.3 is 0 Å². The fourth-order valence-electron chi connectivity index (χ4n) is 3.30. The number of hydrogen-bond acceptors (Lipinski definition) is 6. The molecule has 2 aromatic carbocycles. The maximum absolute atomic E-state index is 6.41. The Bertz CT molecular complexity index is 995. The topological polar surface area (TPSA) is 75.8 Å². The Labute approximate surface area is 187 Å². The van der Waals surface area contributed by atoms with Crippen LogP contribution in [0.15, 0.2) is 54.7 Å². The van der Waals surface area contributed by atoms with Crippen LogP contribution < -0.4 is 24.7 Å². The van der Waals surface area contributed by atoms with Gasteiger partial charge in [-0.05, 0) is 54.3 Å². The monoisotopic (exact) mass is 442 g/mol. The predicted molar refractivity (Wildman–Crippen MR) is 122 cm³/mol. The van der Waals surface area contributed by atoms with Gasteiger partial charge < -0.3 is 24.7 Å². The molecule has 1 aromatic heterocycles. The van der Waals surface area contributed by atoms with Gasteiger partial charge in [0.05, 0.1) is 21.3 Å². The van der Waals surface area contributed by atoms with Crippen molar-refractivity contribution in [1.82, 2.24) is 4.98 Å². The van der Waals surface area contributed by atoms with E-state index in [-0.39, 0.29) is 6.04 Å². The first kappa shape index (κ1) is 22.7. The van der Waals surface area contributed by atoms with Gasteiger partial charge in [0.2, 0.25) is 0 Å². The second-order valence-corrected chi connectivity index (χ2v) is 7.51. The molecule has 3 aromatic rings. The summed E-state index contributed by atoms with van der Waals surface area (Å²) in [5.74, 6) is 2.73. The molecule has 0 spiro atoms. The van der Waals surface area contributed by atoms with Crippen LogP contribution in [0.4, 0.5) is 0 Å². The molecule has 2 N–H and O–H groups in total. The van der Waals surface area contributed by atoms with E-state index in [0.717, 1.165) is 16.7 Å². The van der Waals surface area contributed by atoms with E-state index in [1.807, 2.05) is 42.5 Å². The Morgan fingerprint density at radius 3 is 1.87 bits per heavy atom. The minimum atomic E-state index is -0.0604. The lowest BCUT2D eigenvalue weighted by molar-refractivity contribution is 0.284. The first-order valence-electron chi connectivity index (χ1n) is 9.89. The molecule has 164 valence electrons. The lowest BCUT2D eigenvalue weighted by Crippen LogP contribution is -2.25. The van der Waals surface area contributed by atoms with Crippen LogP contribution in [0.5, 0.6) is 23.0 Å². The molecular weight excluding hydrogens is 416 g/mol. The van der Waals surface area contributed by atoms with Gasteiger partial charge in [0.1, 0.15) is 11.8 Å². The zero-order chi connectivity index (χ0) is 22.2. The molecule has 0 aliphatic rings. The molecule has 6 nitrogen and oxygen atoms in total. The van der Waals surface area contributed by atoms with Crippen molar-refractivity contribution in [2.24, 2.45) is 5.73 Å². The molecule has 0 bridgehead atoms. The number of nitrogens with zero attached hydrogens (tertiary/aromatic N) is 1. The average molecular weight is 443 g/mol. The minimum absolute atomic E-state index is 0.0604. The third-order valence-electron chi connectivity index (χ3n) is 4.85. The van der Waals surface area contributed by atoms with Crippen LogP contribution >= 0.6 is 11.6 Å². The van der Waals surface area contributed by atoms with Crippen LogP contribution in [0, 0.1) is 0 Å². The molecule has 31 heavy (non-hydrogen) atoms. The highest BCUT2D eigenvalue weighted by molar-refractivity contribution is 6.29. The summed E-state index contributed by atoms with van der Waals surface area (Å²) in [6, 6.07) is 15.3. The van der Waals surface area contributed by atoms with Crippen LogP contribution in [-0.4, -0.2) is 32.4 Å². The lowest BCUT2D eigenvalue weighted by atomic mass is 9.99. The Kier molecular flexibility index (Phi) is 7.98. The summed E-state index contributed by atoms with van der Waals surface area (Å²) in [4.78, 5) is 4.06. The van der Waals surface area contributed by atoms with Gasteiger partial charge in [-0.15, -0.1) is 0 Å². The van der Waals surface area contributed by atoms with Gasteiger partial charge in [0, 0.05) is 17.8 Å². The molecule has 0 radical (unpaired) electrons. The van der Waals surface area contributed by atoms with Crippen molar-refractivity contribution in [3.05, 3.63) is 76.6 Å². The molecular formula is C24H27ClN2O4. The van der Waals surface area contributed by atoms with E-state index in [4.69, 9.17) is 36.3 Å². The molecule has 0 saturated carbocycles. The molecule has 0 saturated heterocycles. The maximum Gasteiger partial charge on any atom is 0.161 e. The summed E-state index contributed by atoms with van der Waals surface area (Å²) in [5.41, 5.74) is 9.50. The molecule has 0 amide bonds. The van der Waals surface area contributed by atoms with E-state index in [2.05, 4.69) is 4.98 Å². The van der Waals surface area contributed by atoms with Gasteiger partial charge in [0.15, 0.2) is 23.0 Å². The molecule has 1 unspecified atom stereocenters. The van der Waals surface area contributed by atoms with E-state index in [1.165, 1.54) is 0 Å². The molecule has 1 atom stereocenters. The van der Waals surface area contributed by atoms with E-state index in [0.29, 0.717) is 47.6 Å². The normalized spacial score (nSPS) is 11.6. The number of hydrogen-bond donors (Lipinski definition) is 1. The quantitative estimate of drug-likeness (QED) is 0.467. The highest BCUT2D eigenvalue weighted by Gasteiger charge is 2.12. The van der Waals surface area contributed by atoms with Crippen LogP contribution in [0.2, 0.25) is 5.15 Å². The summed E-state index contributed by atoms with van der Waals surface area (Å²) in [5, 5.41) is 0.454. The summed E-state index contributed by atoms with van der Waals surface area (Å²) in [6.45, 7) is 0.374. The van der Waals surface area contributed by atoms with Crippen molar-refractivity contribution in [2.75, 3.05) is 21.3 Å². The zero-order valence-electron chi connectivity index (χ0n) is 17.9. The largest absolute Gasteiger partial charge is 0.493 e. The van der Waals surface area contributed by atoms with Crippen molar-refractivity contribution in [2.45, 2.75) is 25.5 Å². The van der Waals surface area contributed by atoms with Crippen molar-refractivity contribution in [1.29, 1.82) is 0 Å². The van der Waals surface area contributed by atoms with Gasteiger partial charge in [-0.1, -0.05) is 29.8 Å². The van der Waals surface area contributed by atoms with Gasteiger partial charge in [0.25, 0.3) is 0 Å². The number of benzene rings is 2. The molecule has 0 aliphatic heterocycles. The van der Waals surface area contributed by atoms with Crippen molar-refractivity contribution < 1.29 is 18.9 Å². The van der Waals surface area contributed by atoms with Crippen molar-refractivity contribution in [3.8, 4) is 23.0 Å². The summed E-state index contributed by atoms with van der Waals surface area (Å²) in [7, 11) is 4.87. The first-order valence-corrected chi connectivity index (χ1v) is 10.3. The van der Waals surface area contributed by atoms with E-state index in [1.54, 1.807) is 33.6 Å². The average Bonchev–Trinajstić information content (AvgIpc) is 2.79. The van der Waals surface area contributed by atoms with Gasteiger partial charge in [-0.2, -0.15) is 0 Å². The third-order valence-corrected chi connectivity index (χ3v) is 5.08. The van der Waals surface area contributed by atoms with Crippen LogP contribution in [0.3, 0.4) is 0 Å². The van der Waals surface area contributed by atoms with E-state index in [9.17, 15) is 0 Å². The minimum Gasteiger partial charge on any atom is -0.493 e. The second kappa shape index (κ2) is 10.9. The number of pyridine rings is 1. The van der Waals surface area contributed by atoms with E-state index < -0.39 is 0 Å². The SMILES string of the molecule is COc1ccc(CC(N)Cc2ccc(OCc3ccc(Cl)nc3)c(OC)c2)cc1OC. The number of ether oxygens (including phenoxy) is 4. The number of aromatic nitrogens is 1. The van der Waals surface area contributed by atoms with E-state index >= 15 is 0 Å². The van der Waals surface area contributed by atoms with Crippen molar-refractivity contribution in [3.63, 3.8) is 0 Å². The summed E-state index contributed by atoms with van der Waals surface area (Å²) < 4.78 is 22.1. The number of halogens is 1. The second-order valence-electron chi connectivity index (χ2n) is 7.12. The standard InChI is InChI=1S/C24H27ClN2O4/c1-28-20-7-4-16(12-22(20)29-2)10-19(26)11-17-5-8-21(23(13-17)30-3)31-15-18-6-9-24(25)27-14-18/h4-9,12-14,19H,10-11,15,26H2,1-3H3. The number of methoxy groups -OCH3 is 3. The Morgan fingerprint density at radius 2 is 1.32 bits per heavy atom. The fourth-order valence-corrected chi connectivity index (χ4v) is 3.41. The molecule has 7 heteroatoms. The van der Waals surface area contributed by atoms with Crippen LogP contribution in [-0.2, 0) is 19.4 Å². The molecule has 0 fully saturated rings. The summed E-state index contributed by atoms with van der Waals surface area (Å²) in [6.07, 6.45) is 3.10. The van der Waals surface area contributed by atoms with Crippen LogP contribution in [0.25, 0.3) is 0 Å². The fraction of sp³-hybridized carbons (Fsp3) is 0.292. The Hall–Kier alpha value is -2.96.